The summed E-state index contributed by atoms with van der Waals surface area (Å²) in [6, 6.07) is 4.01. The summed E-state index contributed by atoms with van der Waals surface area (Å²) in [5.41, 5.74) is 1.35. The summed E-state index contributed by atoms with van der Waals surface area (Å²) in [7, 11) is 0. The summed E-state index contributed by atoms with van der Waals surface area (Å²) in [6.45, 7) is 2.10. The van der Waals surface area contributed by atoms with Crippen molar-refractivity contribution in [3.05, 3.63) is 48.0 Å². The van der Waals surface area contributed by atoms with Gasteiger partial charge in [-0.15, -0.1) is 0 Å². The highest BCUT2D eigenvalue weighted by Crippen LogP contribution is 2.16. The van der Waals surface area contributed by atoms with Gasteiger partial charge in [0.15, 0.2) is 0 Å². The highest BCUT2D eigenvalue weighted by molar-refractivity contribution is 5.76. The molecular formula is C12H13NO. The Bertz CT molecular complexity index is 371. The van der Waals surface area contributed by atoms with Crippen molar-refractivity contribution < 1.29 is 4.42 Å². The van der Waals surface area contributed by atoms with Crippen molar-refractivity contribution in [3.63, 3.8) is 0 Å². The van der Waals surface area contributed by atoms with Crippen LogP contribution < -0.4 is 0 Å². The van der Waals surface area contributed by atoms with E-state index >= 15 is 0 Å². The fourth-order valence-corrected chi connectivity index (χ4v) is 1.42. The Morgan fingerprint density at radius 3 is 3.14 bits per heavy atom. The standard InChI is InChI=1S/C12H13NO/c1-10(11-5-2-3-6-11)13-9-12-7-4-8-14-12/h2-5,7-10H,6H2,1H3/t10-/m1/s1. The van der Waals surface area contributed by atoms with E-state index < -0.39 is 0 Å². The minimum Gasteiger partial charge on any atom is -0.463 e. The third kappa shape index (κ3) is 2.02. The van der Waals surface area contributed by atoms with Gasteiger partial charge in [-0.3, -0.25) is 4.99 Å². The number of nitrogens with zero attached hydrogens (tertiary/aromatic N) is 1. The minimum absolute atomic E-state index is 0.245. The van der Waals surface area contributed by atoms with E-state index in [-0.39, 0.29) is 6.04 Å². The first-order valence-electron chi connectivity index (χ1n) is 4.78. The average Bonchev–Trinajstić information content (AvgIpc) is 2.87. The molecule has 2 heteroatoms. The van der Waals surface area contributed by atoms with E-state index in [4.69, 9.17) is 4.42 Å². The third-order valence-electron chi connectivity index (χ3n) is 2.31. The summed E-state index contributed by atoms with van der Waals surface area (Å²) in [6.07, 6.45) is 10.8. The van der Waals surface area contributed by atoms with Gasteiger partial charge in [-0.05, 0) is 31.1 Å². The second-order valence-corrected chi connectivity index (χ2v) is 3.34. The van der Waals surface area contributed by atoms with Crippen molar-refractivity contribution in [2.24, 2.45) is 4.99 Å². The summed E-state index contributed by atoms with van der Waals surface area (Å²) in [4.78, 5) is 4.42. The van der Waals surface area contributed by atoms with Crippen LogP contribution in [-0.2, 0) is 0 Å². The maximum Gasteiger partial charge on any atom is 0.144 e. The highest BCUT2D eigenvalue weighted by Gasteiger charge is 2.06. The molecule has 1 aliphatic rings. The predicted molar refractivity (Wildman–Crippen MR) is 57.6 cm³/mol. The fourth-order valence-electron chi connectivity index (χ4n) is 1.42. The van der Waals surface area contributed by atoms with Gasteiger partial charge in [0.1, 0.15) is 5.76 Å². The summed E-state index contributed by atoms with van der Waals surface area (Å²) in [5, 5.41) is 0. The van der Waals surface area contributed by atoms with Gasteiger partial charge in [0, 0.05) is 0 Å². The lowest BCUT2D eigenvalue weighted by Crippen LogP contribution is -2.01. The van der Waals surface area contributed by atoms with E-state index in [1.807, 2.05) is 12.1 Å². The Morgan fingerprint density at radius 1 is 1.57 bits per heavy atom. The maximum atomic E-state index is 5.16. The molecule has 0 spiro atoms. The largest absolute Gasteiger partial charge is 0.463 e. The average molecular weight is 187 g/mol. The molecule has 0 saturated carbocycles. The lowest BCUT2D eigenvalue weighted by molar-refractivity contribution is 0.559. The molecule has 1 aromatic rings. The molecule has 0 radical (unpaired) electrons. The van der Waals surface area contributed by atoms with Gasteiger partial charge in [0.25, 0.3) is 0 Å². The molecule has 1 aromatic heterocycles. The molecule has 14 heavy (non-hydrogen) atoms. The maximum absolute atomic E-state index is 5.16. The first-order valence-corrected chi connectivity index (χ1v) is 4.78. The molecule has 0 aromatic carbocycles. The van der Waals surface area contributed by atoms with Crippen LogP contribution in [0.4, 0.5) is 0 Å². The van der Waals surface area contributed by atoms with E-state index in [1.165, 1.54) is 5.57 Å². The van der Waals surface area contributed by atoms with Gasteiger partial charge in [-0.1, -0.05) is 18.2 Å². The molecule has 2 rings (SSSR count). The van der Waals surface area contributed by atoms with E-state index in [0.29, 0.717) is 0 Å². The number of aliphatic imine (C=N–C) groups is 1. The second-order valence-electron chi connectivity index (χ2n) is 3.34. The zero-order valence-electron chi connectivity index (χ0n) is 8.18. The minimum atomic E-state index is 0.245. The predicted octanol–water partition coefficient (Wildman–Crippen LogP) is 2.97. The van der Waals surface area contributed by atoms with E-state index in [2.05, 4.69) is 30.1 Å². The van der Waals surface area contributed by atoms with Gasteiger partial charge < -0.3 is 4.42 Å². The topological polar surface area (TPSA) is 25.5 Å². The van der Waals surface area contributed by atoms with Gasteiger partial charge >= 0.3 is 0 Å². The SMILES string of the molecule is C[C@@H](N=Cc1ccco1)C1=CC=CC1. The number of allylic oxidation sites excluding steroid dienone is 3. The number of hydrogen-bond donors (Lipinski definition) is 0. The van der Waals surface area contributed by atoms with Crippen molar-refractivity contribution in [2.45, 2.75) is 19.4 Å². The van der Waals surface area contributed by atoms with Crippen LogP contribution in [0.1, 0.15) is 19.1 Å². The molecular weight excluding hydrogens is 174 g/mol. The Balaban J connectivity index is 1.97. The van der Waals surface area contributed by atoms with E-state index in [9.17, 15) is 0 Å². The Kier molecular flexibility index (Phi) is 2.63. The fraction of sp³-hybridized carbons (Fsp3) is 0.250. The van der Waals surface area contributed by atoms with Crippen LogP contribution in [0.2, 0.25) is 0 Å². The van der Waals surface area contributed by atoms with Crippen LogP contribution in [-0.4, -0.2) is 12.3 Å². The first kappa shape index (κ1) is 9.00. The van der Waals surface area contributed by atoms with Crippen molar-refractivity contribution in [1.82, 2.24) is 0 Å². The van der Waals surface area contributed by atoms with Gasteiger partial charge in [-0.2, -0.15) is 0 Å². The number of hydrogen-bond acceptors (Lipinski definition) is 2. The van der Waals surface area contributed by atoms with Crippen molar-refractivity contribution >= 4 is 6.21 Å². The molecule has 0 bridgehead atoms. The molecule has 0 amide bonds. The van der Waals surface area contributed by atoms with Crippen LogP contribution >= 0.6 is 0 Å². The molecule has 0 fully saturated rings. The molecule has 2 nitrogen and oxygen atoms in total. The van der Waals surface area contributed by atoms with Crippen LogP contribution in [0.3, 0.4) is 0 Å². The normalized spacial score (nSPS) is 17.6. The van der Waals surface area contributed by atoms with Crippen molar-refractivity contribution in [3.8, 4) is 0 Å². The molecule has 0 saturated heterocycles. The van der Waals surface area contributed by atoms with Gasteiger partial charge in [0.05, 0.1) is 18.5 Å². The zero-order chi connectivity index (χ0) is 9.80. The molecule has 72 valence electrons. The van der Waals surface area contributed by atoms with E-state index in [0.717, 1.165) is 12.2 Å². The molecule has 1 aliphatic carbocycles. The molecule has 1 heterocycles. The monoisotopic (exact) mass is 187 g/mol. The summed E-state index contributed by atoms with van der Waals surface area (Å²) < 4.78 is 5.16. The molecule has 0 N–H and O–H groups in total. The van der Waals surface area contributed by atoms with Gasteiger partial charge in [-0.25, -0.2) is 0 Å². The van der Waals surface area contributed by atoms with E-state index in [1.54, 1.807) is 12.5 Å². The molecule has 0 unspecified atom stereocenters. The quantitative estimate of drug-likeness (QED) is 0.668. The first-order chi connectivity index (χ1) is 6.86. The molecule has 0 aliphatic heterocycles. The highest BCUT2D eigenvalue weighted by atomic mass is 16.3. The lowest BCUT2D eigenvalue weighted by Gasteiger charge is -2.05. The zero-order valence-corrected chi connectivity index (χ0v) is 8.18. The second kappa shape index (κ2) is 4.09. The Hall–Kier alpha value is -1.57. The third-order valence-corrected chi connectivity index (χ3v) is 2.31. The van der Waals surface area contributed by atoms with Crippen molar-refractivity contribution in [2.75, 3.05) is 0 Å². The lowest BCUT2D eigenvalue weighted by atomic mass is 10.1. The van der Waals surface area contributed by atoms with Crippen LogP contribution in [0, 0.1) is 0 Å². The summed E-state index contributed by atoms with van der Waals surface area (Å²) >= 11 is 0. The Labute approximate surface area is 83.7 Å². The molecule has 1 atom stereocenters. The number of rotatable bonds is 3. The smallest absolute Gasteiger partial charge is 0.144 e. The Morgan fingerprint density at radius 2 is 2.50 bits per heavy atom. The van der Waals surface area contributed by atoms with Crippen LogP contribution in [0.5, 0.6) is 0 Å². The number of furan rings is 1. The van der Waals surface area contributed by atoms with Crippen LogP contribution in [0.25, 0.3) is 0 Å². The van der Waals surface area contributed by atoms with Crippen molar-refractivity contribution in [1.29, 1.82) is 0 Å². The van der Waals surface area contributed by atoms with Crippen LogP contribution in [0.15, 0.2) is 51.6 Å². The van der Waals surface area contributed by atoms with Gasteiger partial charge in [0.2, 0.25) is 0 Å². The summed E-state index contributed by atoms with van der Waals surface area (Å²) in [5.74, 6) is 0.809.